The van der Waals surface area contributed by atoms with Crippen LogP contribution < -0.4 is 0 Å². The van der Waals surface area contributed by atoms with Crippen molar-refractivity contribution in [1.29, 1.82) is 0 Å². The highest BCUT2D eigenvalue weighted by Gasteiger charge is 2.34. The molecular formula is C14H16O3S. The van der Waals surface area contributed by atoms with Gasteiger partial charge in [-0.2, -0.15) is 0 Å². The van der Waals surface area contributed by atoms with E-state index >= 15 is 0 Å². The van der Waals surface area contributed by atoms with Crippen LogP contribution in [-0.2, 0) is 4.79 Å². The Morgan fingerprint density at radius 3 is 2.50 bits per heavy atom. The number of thioether (sulfide) groups is 1. The molecule has 1 aliphatic carbocycles. The maximum absolute atomic E-state index is 12.4. The van der Waals surface area contributed by atoms with Gasteiger partial charge < -0.3 is 5.11 Å². The quantitative estimate of drug-likeness (QED) is 0.670. The molecule has 3 nitrogen and oxygen atoms in total. The zero-order valence-electron chi connectivity index (χ0n) is 10.3. The second kappa shape index (κ2) is 5.57. The molecule has 0 aromatic heterocycles. The van der Waals surface area contributed by atoms with Crippen LogP contribution in [0.1, 0.15) is 29.6 Å². The molecule has 0 heterocycles. The van der Waals surface area contributed by atoms with Crippen molar-refractivity contribution < 1.29 is 14.7 Å². The van der Waals surface area contributed by atoms with E-state index in [0.717, 1.165) is 10.5 Å². The lowest BCUT2D eigenvalue weighted by molar-refractivity contribution is -0.141. The Labute approximate surface area is 111 Å². The third kappa shape index (κ3) is 2.58. The maximum atomic E-state index is 12.4. The van der Waals surface area contributed by atoms with E-state index in [9.17, 15) is 9.59 Å². The number of carbonyl (C=O) groups is 2. The number of carboxylic acids is 1. The second-order valence-electron chi connectivity index (χ2n) is 4.61. The molecule has 0 unspecified atom stereocenters. The van der Waals surface area contributed by atoms with Gasteiger partial charge in [0, 0.05) is 16.4 Å². The summed E-state index contributed by atoms with van der Waals surface area (Å²) in [7, 11) is 0. The highest BCUT2D eigenvalue weighted by atomic mass is 32.2. The number of carbonyl (C=O) groups excluding carboxylic acids is 1. The van der Waals surface area contributed by atoms with E-state index in [1.165, 1.54) is 0 Å². The van der Waals surface area contributed by atoms with Gasteiger partial charge in [0.15, 0.2) is 5.78 Å². The number of ketones is 1. The predicted octanol–water partition coefficient (Wildman–Crippen LogP) is 3.09. The summed E-state index contributed by atoms with van der Waals surface area (Å²) in [5, 5.41) is 8.97. The first-order valence-electron chi connectivity index (χ1n) is 6.03. The van der Waals surface area contributed by atoms with Crippen LogP contribution in [-0.4, -0.2) is 23.1 Å². The van der Waals surface area contributed by atoms with E-state index in [4.69, 9.17) is 5.11 Å². The molecule has 2 rings (SSSR count). The minimum atomic E-state index is -0.775. The average Bonchev–Trinajstić information content (AvgIpc) is 2.87. The van der Waals surface area contributed by atoms with Gasteiger partial charge in [-0.05, 0) is 31.6 Å². The predicted molar refractivity (Wildman–Crippen MR) is 71.0 cm³/mol. The zero-order valence-corrected chi connectivity index (χ0v) is 11.1. The summed E-state index contributed by atoms with van der Waals surface area (Å²) in [6, 6.07) is 7.54. The molecular weight excluding hydrogens is 248 g/mol. The van der Waals surface area contributed by atoms with E-state index in [1.807, 2.05) is 30.5 Å². The molecule has 0 radical (unpaired) electrons. The highest BCUT2D eigenvalue weighted by Crippen LogP contribution is 2.35. The van der Waals surface area contributed by atoms with Gasteiger partial charge in [-0.15, -0.1) is 11.8 Å². The van der Waals surface area contributed by atoms with Crippen LogP contribution in [0.2, 0.25) is 0 Å². The molecule has 0 bridgehead atoms. The van der Waals surface area contributed by atoms with Crippen molar-refractivity contribution in [3.63, 3.8) is 0 Å². The summed E-state index contributed by atoms with van der Waals surface area (Å²) >= 11 is 1.55. The van der Waals surface area contributed by atoms with Crippen molar-refractivity contribution >= 4 is 23.5 Å². The Hall–Kier alpha value is -1.29. The van der Waals surface area contributed by atoms with Crippen molar-refractivity contribution in [3.8, 4) is 0 Å². The van der Waals surface area contributed by atoms with Crippen LogP contribution in [0.3, 0.4) is 0 Å². The molecule has 1 fully saturated rings. The number of Topliss-reactive ketones (excluding diaryl/α,β-unsaturated/α-hetero) is 1. The van der Waals surface area contributed by atoms with Crippen LogP contribution in [0.15, 0.2) is 29.2 Å². The van der Waals surface area contributed by atoms with E-state index < -0.39 is 5.97 Å². The minimum Gasteiger partial charge on any atom is -0.481 e. The summed E-state index contributed by atoms with van der Waals surface area (Å²) in [4.78, 5) is 24.3. The molecule has 96 valence electrons. The van der Waals surface area contributed by atoms with Gasteiger partial charge in [-0.25, -0.2) is 0 Å². The fourth-order valence-electron chi connectivity index (χ4n) is 2.51. The molecule has 1 saturated carbocycles. The average molecular weight is 264 g/mol. The lowest BCUT2D eigenvalue weighted by atomic mass is 9.95. The Morgan fingerprint density at radius 2 is 1.89 bits per heavy atom. The SMILES string of the molecule is CSc1ccccc1C(=O)[C@H]1CC[C@@H](C(=O)O)C1. The van der Waals surface area contributed by atoms with Crippen molar-refractivity contribution in [2.24, 2.45) is 11.8 Å². The van der Waals surface area contributed by atoms with E-state index in [1.54, 1.807) is 11.8 Å². The highest BCUT2D eigenvalue weighted by molar-refractivity contribution is 7.98. The molecule has 1 N–H and O–H groups in total. The summed E-state index contributed by atoms with van der Waals surface area (Å²) < 4.78 is 0. The van der Waals surface area contributed by atoms with Crippen LogP contribution in [0.4, 0.5) is 0 Å². The van der Waals surface area contributed by atoms with Crippen molar-refractivity contribution in [1.82, 2.24) is 0 Å². The molecule has 0 aliphatic heterocycles. The van der Waals surface area contributed by atoms with Gasteiger partial charge in [0.05, 0.1) is 5.92 Å². The molecule has 1 aromatic rings. The van der Waals surface area contributed by atoms with Crippen molar-refractivity contribution in [2.45, 2.75) is 24.2 Å². The molecule has 0 amide bonds. The number of hydrogen-bond acceptors (Lipinski definition) is 3. The normalized spacial score (nSPS) is 22.9. The summed E-state index contributed by atoms with van der Waals surface area (Å²) in [6.07, 6.45) is 3.74. The van der Waals surface area contributed by atoms with Crippen LogP contribution in [0.25, 0.3) is 0 Å². The molecule has 4 heteroatoms. The summed E-state index contributed by atoms with van der Waals surface area (Å²) in [5.74, 6) is -1.15. The van der Waals surface area contributed by atoms with Crippen LogP contribution >= 0.6 is 11.8 Å². The smallest absolute Gasteiger partial charge is 0.306 e. The van der Waals surface area contributed by atoms with Gasteiger partial charge in [0.1, 0.15) is 0 Å². The van der Waals surface area contributed by atoms with Crippen molar-refractivity contribution in [3.05, 3.63) is 29.8 Å². The zero-order chi connectivity index (χ0) is 13.1. The number of benzene rings is 1. The summed E-state index contributed by atoms with van der Waals surface area (Å²) in [6.45, 7) is 0. The van der Waals surface area contributed by atoms with Crippen molar-refractivity contribution in [2.75, 3.05) is 6.26 Å². The third-order valence-electron chi connectivity index (χ3n) is 3.53. The van der Waals surface area contributed by atoms with E-state index in [2.05, 4.69) is 0 Å². The first-order valence-corrected chi connectivity index (χ1v) is 7.26. The first kappa shape index (κ1) is 13.1. The third-order valence-corrected chi connectivity index (χ3v) is 4.32. The lowest BCUT2D eigenvalue weighted by Gasteiger charge is -2.11. The number of aliphatic carboxylic acids is 1. The van der Waals surface area contributed by atoms with Gasteiger partial charge in [0.25, 0.3) is 0 Å². The van der Waals surface area contributed by atoms with Gasteiger partial charge in [-0.1, -0.05) is 18.2 Å². The maximum Gasteiger partial charge on any atom is 0.306 e. The van der Waals surface area contributed by atoms with Crippen LogP contribution in [0.5, 0.6) is 0 Å². The largest absolute Gasteiger partial charge is 0.481 e. The number of rotatable bonds is 4. The van der Waals surface area contributed by atoms with E-state index in [-0.39, 0.29) is 17.6 Å². The Balaban J connectivity index is 2.15. The van der Waals surface area contributed by atoms with Gasteiger partial charge in [-0.3, -0.25) is 9.59 Å². The van der Waals surface area contributed by atoms with E-state index in [0.29, 0.717) is 19.3 Å². The van der Waals surface area contributed by atoms with Crippen LogP contribution in [0, 0.1) is 11.8 Å². The number of hydrogen-bond donors (Lipinski definition) is 1. The van der Waals surface area contributed by atoms with Gasteiger partial charge >= 0.3 is 5.97 Å². The Kier molecular flexibility index (Phi) is 4.07. The molecule has 18 heavy (non-hydrogen) atoms. The Morgan fingerprint density at radius 1 is 1.22 bits per heavy atom. The fraction of sp³-hybridized carbons (Fsp3) is 0.429. The molecule has 0 spiro atoms. The lowest BCUT2D eigenvalue weighted by Crippen LogP contribution is -2.15. The molecule has 1 aliphatic rings. The second-order valence-corrected chi connectivity index (χ2v) is 5.46. The number of carboxylic acid groups (broad SMARTS) is 1. The topological polar surface area (TPSA) is 54.4 Å². The van der Waals surface area contributed by atoms with Gasteiger partial charge in [0.2, 0.25) is 0 Å². The Bertz CT molecular complexity index is 470. The molecule has 2 atom stereocenters. The monoisotopic (exact) mass is 264 g/mol. The summed E-state index contributed by atoms with van der Waals surface area (Å²) in [5.41, 5.74) is 0.737. The fourth-order valence-corrected chi connectivity index (χ4v) is 3.12. The molecule has 1 aromatic carbocycles. The molecule has 0 saturated heterocycles. The standard InChI is InChI=1S/C14H16O3S/c1-18-12-5-3-2-4-11(12)13(15)9-6-7-10(8-9)14(16)17/h2-5,9-10H,6-8H2,1H3,(H,16,17)/t9-,10+/m0/s1. The minimum absolute atomic E-state index is 0.101. The first-order chi connectivity index (χ1) is 8.63.